The van der Waals surface area contributed by atoms with Crippen LogP contribution in [-0.2, 0) is 6.61 Å². The minimum absolute atomic E-state index is 0.209. The molecule has 0 saturated heterocycles. The molecule has 6 heteroatoms. The first-order chi connectivity index (χ1) is 7.22. The number of hydrogen-bond acceptors (Lipinski definition) is 4. The Hall–Kier alpha value is -1.10. The molecule has 2 aromatic rings. The van der Waals surface area contributed by atoms with Crippen LogP contribution >= 0.6 is 23.2 Å². The van der Waals surface area contributed by atoms with E-state index in [1.807, 2.05) is 0 Å². The maximum atomic E-state index is 8.78. The predicted octanol–water partition coefficient (Wildman–Crippen LogP) is 2.54. The Balaban J connectivity index is 2.49. The molecule has 2 rings (SSSR count). The lowest BCUT2D eigenvalue weighted by molar-refractivity contribution is 0.264. The molecule has 0 unspecified atom stereocenters. The summed E-state index contributed by atoms with van der Waals surface area (Å²) < 4.78 is 4.91. The van der Waals surface area contributed by atoms with Gasteiger partial charge in [0.15, 0.2) is 5.82 Å². The van der Waals surface area contributed by atoms with Crippen LogP contribution in [0.1, 0.15) is 5.82 Å². The Morgan fingerprint density at radius 2 is 2.13 bits per heavy atom. The Labute approximate surface area is 95.4 Å². The average Bonchev–Trinajstić information content (AvgIpc) is 2.70. The number of aliphatic hydroxyl groups excluding tert-OH is 1. The highest BCUT2D eigenvalue weighted by Crippen LogP contribution is 2.32. The van der Waals surface area contributed by atoms with Crippen molar-refractivity contribution in [2.75, 3.05) is 0 Å². The third-order valence-corrected chi connectivity index (χ3v) is 2.61. The smallest absolute Gasteiger partial charge is 0.259 e. The lowest BCUT2D eigenvalue weighted by atomic mass is 10.2. The molecular formula is C9H6Cl2N2O2. The van der Waals surface area contributed by atoms with Gasteiger partial charge in [-0.1, -0.05) is 34.4 Å². The molecule has 1 heterocycles. The van der Waals surface area contributed by atoms with Crippen LogP contribution in [0.5, 0.6) is 0 Å². The molecule has 0 atom stereocenters. The van der Waals surface area contributed by atoms with Crippen molar-refractivity contribution in [3.63, 3.8) is 0 Å². The van der Waals surface area contributed by atoms with Crippen LogP contribution < -0.4 is 0 Å². The van der Waals surface area contributed by atoms with Crippen molar-refractivity contribution in [1.82, 2.24) is 10.1 Å². The topological polar surface area (TPSA) is 59.2 Å². The molecule has 4 nitrogen and oxygen atoms in total. The van der Waals surface area contributed by atoms with Crippen LogP contribution in [0.4, 0.5) is 0 Å². The van der Waals surface area contributed by atoms with Crippen molar-refractivity contribution in [1.29, 1.82) is 0 Å². The Kier molecular flexibility index (Phi) is 2.90. The molecule has 0 amide bonds. The van der Waals surface area contributed by atoms with Gasteiger partial charge in [-0.15, -0.1) is 0 Å². The zero-order valence-electron chi connectivity index (χ0n) is 7.44. The van der Waals surface area contributed by atoms with Crippen molar-refractivity contribution in [2.24, 2.45) is 0 Å². The van der Waals surface area contributed by atoms with Gasteiger partial charge in [0.05, 0.1) is 15.6 Å². The van der Waals surface area contributed by atoms with Crippen LogP contribution in [0.15, 0.2) is 22.7 Å². The largest absolute Gasteiger partial charge is 0.388 e. The summed E-state index contributed by atoms with van der Waals surface area (Å²) >= 11 is 11.8. The zero-order valence-corrected chi connectivity index (χ0v) is 8.96. The van der Waals surface area contributed by atoms with Crippen molar-refractivity contribution in [3.8, 4) is 11.5 Å². The van der Waals surface area contributed by atoms with Gasteiger partial charge < -0.3 is 9.63 Å². The zero-order chi connectivity index (χ0) is 10.8. The maximum absolute atomic E-state index is 8.78. The number of hydrogen-bond donors (Lipinski definition) is 1. The second-order valence-corrected chi connectivity index (χ2v) is 3.56. The first kappa shape index (κ1) is 10.4. The van der Waals surface area contributed by atoms with Crippen LogP contribution in [-0.4, -0.2) is 15.2 Å². The molecule has 0 aliphatic carbocycles. The standard InChI is InChI=1S/C9H6Cl2N2O2/c10-6-3-1-2-5(8(6)11)9-12-7(4-14)13-15-9/h1-3,14H,4H2. The minimum atomic E-state index is -0.276. The predicted molar refractivity (Wildman–Crippen MR) is 55.7 cm³/mol. The molecule has 0 spiro atoms. The molecule has 1 N–H and O–H groups in total. The fraction of sp³-hybridized carbons (Fsp3) is 0.111. The third-order valence-electron chi connectivity index (χ3n) is 1.79. The van der Waals surface area contributed by atoms with Gasteiger partial charge in [-0.3, -0.25) is 0 Å². The number of nitrogens with zero attached hydrogens (tertiary/aromatic N) is 2. The fourth-order valence-electron chi connectivity index (χ4n) is 1.10. The summed E-state index contributed by atoms with van der Waals surface area (Å²) in [5, 5.41) is 13.1. The quantitative estimate of drug-likeness (QED) is 0.883. The summed E-state index contributed by atoms with van der Waals surface area (Å²) in [6.07, 6.45) is 0. The average molecular weight is 245 g/mol. The van der Waals surface area contributed by atoms with Crippen LogP contribution in [0.25, 0.3) is 11.5 Å². The Bertz CT molecular complexity index is 485. The van der Waals surface area contributed by atoms with E-state index in [-0.39, 0.29) is 18.3 Å². The SMILES string of the molecule is OCc1noc(-c2cccc(Cl)c2Cl)n1. The first-order valence-electron chi connectivity index (χ1n) is 4.10. The van der Waals surface area contributed by atoms with Crippen molar-refractivity contribution >= 4 is 23.2 Å². The summed E-state index contributed by atoms with van der Waals surface area (Å²) in [5.74, 6) is 0.451. The van der Waals surface area contributed by atoms with Gasteiger partial charge in [-0.2, -0.15) is 4.98 Å². The number of rotatable bonds is 2. The second kappa shape index (κ2) is 4.18. The van der Waals surface area contributed by atoms with E-state index in [4.69, 9.17) is 32.8 Å². The third kappa shape index (κ3) is 1.97. The van der Waals surface area contributed by atoms with Gasteiger partial charge in [-0.25, -0.2) is 0 Å². The van der Waals surface area contributed by atoms with Gasteiger partial charge in [0.2, 0.25) is 0 Å². The molecule has 78 valence electrons. The molecule has 0 fully saturated rings. The van der Waals surface area contributed by atoms with Gasteiger partial charge in [0.25, 0.3) is 5.89 Å². The lowest BCUT2D eigenvalue weighted by Crippen LogP contribution is -1.85. The van der Waals surface area contributed by atoms with E-state index in [1.54, 1.807) is 18.2 Å². The van der Waals surface area contributed by atoms with Crippen molar-refractivity contribution in [2.45, 2.75) is 6.61 Å². The molecule has 0 saturated carbocycles. The van der Waals surface area contributed by atoms with E-state index < -0.39 is 0 Å². The van der Waals surface area contributed by atoms with E-state index >= 15 is 0 Å². The summed E-state index contributed by atoms with van der Waals surface area (Å²) in [6.45, 7) is -0.276. The van der Waals surface area contributed by atoms with Crippen molar-refractivity contribution in [3.05, 3.63) is 34.1 Å². The van der Waals surface area contributed by atoms with E-state index in [2.05, 4.69) is 10.1 Å². The number of halogens is 2. The Morgan fingerprint density at radius 3 is 2.80 bits per heavy atom. The Morgan fingerprint density at radius 1 is 1.33 bits per heavy atom. The van der Waals surface area contributed by atoms with E-state index in [0.29, 0.717) is 15.6 Å². The van der Waals surface area contributed by atoms with Gasteiger partial charge in [-0.05, 0) is 12.1 Å². The van der Waals surface area contributed by atoms with Gasteiger partial charge in [0, 0.05) is 0 Å². The number of aliphatic hydroxyl groups is 1. The summed E-state index contributed by atoms with van der Waals surface area (Å²) in [7, 11) is 0. The van der Waals surface area contributed by atoms with Crippen LogP contribution in [0.2, 0.25) is 10.0 Å². The minimum Gasteiger partial charge on any atom is -0.388 e. The van der Waals surface area contributed by atoms with Crippen molar-refractivity contribution < 1.29 is 9.63 Å². The van der Waals surface area contributed by atoms with E-state index in [0.717, 1.165) is 0 Å². The molecule has 1 aromatic heterocycles. The second-order valence-electron chi connectivity index (χ2n) is 2.78. The van der Waals surface area contributed by atoms with E-state index in [1.165, 1.54) is 0 Å². The van der Waals surface area contributed by atoms with E-state index in [9.17, 15) is 0 Å². The molecule has 0 aliphatic heterocycles. The highest BCUT2D eigenvalue weighted by atomic mass is 35.5. The summed E-state index contributed by atoms with van der Waals surface area (Å²) in [5.41, 5.74) is 0.552. The molecule has 0 aliphatic rings. The molecule has 1 aromatic carbocycles. The van der Waals surface area contributed by atoms with Crippen LogP contribution in [0.3, 0.4) is 0 Å². The summed E-state index contributed by atoms with van der Waals surface area (Å²) in [4.78, 5) is 3.93. The van der Waals surface area contributed by atoms with Gasteiger partial charge >= 0.3 is 0 Å². The number of benzene rings is 1. The normalized spacial score (nSPS) is 10.6. The summed E-state index contributed by atoms with van der Waals surface area (Å²) in [6, 6.07) is 5.10. The first-order valence-corrected chi connectivity index (χ1v) is 4.86. The highest BCUT2D eigenvalue weighted by Gasteiger charge is 2.13. The molecule has 15 heavy (non-hydrogen) atoms. The molecule has 0 bridgehead atoms. The monoisotopic (exact) mass is 244 g/mol. The highest BCUT2D eigenvalue weighted by molar-refractivity contribution is 6.43. The maximum Gasteiger partial charge on any atom is 0.259 e. The molecule has 0 radical (unpaired) electrons. The number of aromatic nitrogens is 2. The molecular weight excluding hydrogens is 239 g/mol. The van der Waals surface area contributed by atoms with Crippen LogP contribution in [0, 0.1) is 0 Å². The fourth-order valence-corrected chi connectivity index (χ4v) is 1.48. The lowest BCUT2D eigenvalue weighted by Gasteiger charge is -1.99. The van der Waals surface area contributed by atoms with Gasteiger partial charge in [0.1, 0.15) is 6.61 Å².